The number of rotatable bonds is 6. The number of carbonyl (C=O) groups excluding carboxylic acids is 1. The van der Waals surface area contributed by atoms with E-state index in [0.29, 0.717) is 12.8 Å². The van der Waals surface area contributed by atoms with E-state index in [1.807, 2.05) is 19.2 Å². The third-order valence-corrected chi connectivity index (χ3v) is 3.84. The number of hydrogen-bond acceptors (Lipinski definition) is 6. The Balaban J connectivity index is 2.77. The van der Waals surface area contributed by atoms with Crippen LogP contribution in [0.2, 0.25) is 0 Å². The minimum Gasteiger partial charge on any atom is -0.461 e. The largest absolute Gasteiger partial charge is 0.461 e. The van der Waals surface area contributed by atoms with Crippen LogP contribution in [0.5, 0.6) is 0 Å². The van der Waals surface area contributed by atoms with Crippen LogP contribution in [0.1, 0.15) is 54.4 Å². The fourth-order valence-electron chi connectivity index (χ4n) is 3.31. The fourth-order valence-corrected chi connectivity index (χ4v) is 3.31. The lowest BCUT2D eigenvalue weighted by Crippen LogP contribution is -2.62. The molecule has 1 rings (SSSR count). The number of hydrogen-bond donors (Lipinski definition) is 1. The lowest BCUT2D eigenvalue weighted by atomic mass is 9.80. The van der Waals surface area contributed by atoms with E-state index in [-0.39, 0.29) is 36.3 Å². The molecule has 0 unspecified atom stereocenters. The molecule has 0 spiro atoms. The van der Waals surface area contributed by atoms with Gasteiger partial charge >= 0.3 is 5.97 Å². The highest BCUT2D eigenvalue weighted by molar-refractivity contribution is 5.71. The summed E-state index contributed by atoms with van der Waals surface area (Å²) >= 11 is 0. The number of aliphatic hydroxyl groups is 1. The molecule has 0 radical (unpaired) electrons. The lowest BCUT2D eigenvalue weighted by Gasteiger charge is -2.53. The summed E-state index contributed by atoms with van der Waals surface area (Å²) in [7, 11) is 3.70. The number of ether oxygens (including phenoxy) is 1. The maximum atomic E-state index is 11.9. The summed E-state index contributed by atoms with van der Waals surface area (Å²) in [6.45, 7) is 12.3. The van der Waals surface area contributed by atoms with Crippen LogP contribution in [0.25, 0.3) is 0 Å². The van der Waals surface area contributed by atoms with Gasteiger partial charge in [-0.2, -0.15) is 5.06 Å². The maximum absolute atomic E-state index is 11.9. The Morgan fingerprint density at radius 3 is 2.09 bits per heavy atom. The highest BCUT2D eigenvalue weighted by Crippen LogP contribution is 2.40. The number of carbonyl (C=O) groups is 1. The summed E-state index contributed by atoms with van der Waals surface area (Å²) in [6.07, 6.45) is 1.26. The number of likely N-dealkylation sites (N-methyl/N-ethyl adjacent to an activating group) is 1. The van der Waals surface area contributed by atoms with Crippen LogP contribution < -0.4 is 0 Å². The average molecular weight is 330 g/mol. The van der Waals surface area contributed by atoms with Crippen molar-refractivity contribution >= 4 is 5.97 Å². The van der Waals surface area contributed by atoms with Gasteiger partial charge in [-0.05, 0) is 55.6 Å². The monoisotopic (exact) mass is 330 g/mol. The quantitative estimate of drug-likeness (QED) is 0.750. The Morgan fingerprint density at radius 1 is 1.22 bits per heavy atom. The van der Waals surface area contributed by atoms with Crippen molar-refractivity contribution in [3.05, 3.63) is 0 Å². The van der Waals surface area contributed by atoms with Crippen molar-refractivity contribution < 1.29 is 19.5 Å². The highest BCUT2D eigenvalue weighted by atomic mass is 16.7. The molecular weight excluding hydrogens is 296 g/mol. The van der Waals surface area contributed by atoms with Gasteiger partial charge in [0, 0.05) is 23.9 Å². The van der Waals surface area contributed by atoms with E-state index in [1.165, 1.54) is 0 Å². The smallest absolute Gasteiger partial charge is 0.320 e. The predicted octanol–water partition coefficient (Wildman–Crippen LogP) is 1.82. The van der Waals surface area contributed by atoms with Crippen LogP contribution in [-0.4, -0.2) is 71.1 Å². The van der Waals surface area contributed by atoms with Crippen LogP contribution >= 0.6 is 0 Å². The molecule has 0 saturated carbocycles. The van der Waals surface area contributed by atoms with Gasteiger partial charge in [0.25, 0.3) is 0 Å². The van der Waals surface area contributed by atoms with Gasteiger partial charge in [0.1, 0.15) is 6.10 Å². The highest BCUT2D eigenvalue weighted by Gasteiger charge is 2.48. The van der Waals surface area contributed by atoms with E-state index in [2.05, 4.69) is 27.7 Å². The Hall–Kier alpha value is -0.690. The summed E-state index contributed by atoms with van der Waals surface area (Å²) in [5, 5.41) is 11.9. The number of hydroxylamine groups is 2. The van der Waals surface area contributed by atoms with Gasteiger partial charge in [-0.1, -0.05) is 0 Å². The van der Waals surface area contributed by atoms with Gasteiger partial charge in [-0.25, -0.2) is 0 Å². The first kappa shape index (κ1) is 20.4. The predicted molar refractivity (Wildman–Crippen MR) is 89.9 cm³/mol. The number of nitrogens with zero attached hydrogens (tertiary/aromatic N) is 2. The SMILES string of the molecule is CN(C)CC(=O)OC1CC(C)(C)N(OCC(C)(C)O)C(C)(C)C1. The molecule has 0 aliphatic carbocycles. The topological polar surface area (TPSA) is 62.2 Å². The molecule has 1 aliphatic rings. The van der Waals surface area contributed by atoms with Crippen molar-refractivity contribution in [1.29, 1.82) is 0 Å². The summed E-state index contributed by atoms with van der Waals surface area (Å²) in [4.78, 5) is 19.7. The second-order valence-electron chi connectivity index (χ2n) is 8.76. The summed E-state index contributed by atoms with van der Waals surface area (Å²) < 4.78 is 5.65. The zero-order valence-corrected chi connectivity index (χ0v) is 16.0. The van der Waals surface area contributed by atoms with Crippen LogP contribution in [-0.2, 0) is 14.4 Å². The van der Waals surface area contributed by atoms with E-state index in [0.717, 1.165) is 0 Å². The molecule has 1 fully saturated rings. The zero-order valence-electron chi connectivity index (χ0n) is 16.0. The first-order chi connectivity index (χ1) is 10.2. The molecule has 1 N–H and O–H groups in total. The minimum absolute atomic E-state index is 0.130. The van der Waals surface area contributed by atoms with E-state index in [9.17, 15) is 9.90 Å². The molecule has 6 nitrogen and oxygen atoms in total. The van der Waals surface area contributed by atoms with E-state index in [4.69, 9.17) is 9.57 Å². The molecule has 0 bridgehead atoms. The Labute approximate surface area is 140 Å². The van der Waals surface area contributed by atoms with Crippen molar-refractivity contribution in [1.82, 2.24) is 9.96 Å². The van der Waals surface area contributed by atoms with Crippen LogP contribution in [0.4, 0.5) is 0 Å². The van der Waals surface area contributed by atoms with E-state index < -0.39 is 5.60 Å². The van der Waals surface area contributed by atoms with Gasteiger partial charge < -0.3 is 9.84 Å². The molecule has 23 heavy (non-hydrogen) atoms. The molecule has 1 heterocycles. The third-order valence-electron chi connectivity index (χ3n) is 3.84. The minimum atomic E-state index is -0.888. The maximum Gasteiger partial charge on any atom is 0.320 e. The van der Waals surface area contributed by atoms with Gasteiger partial charge in [0.15, 0.2) is 0 Å². The second kappa shape index (κ2) is 7.05. The Morgan fingerprint density at radius 2 is 1.70 bits per heavy atom. The standard InChI is InChI=1S/C17H34N2O4/c1-15(2)9-13(23-14(20)11-18(7)8)10-16(3,4)19(15)22-12-17(5,6)21/h13,21H,9-12H2,1-8H3. The number of esters is 1. The van der Waals surface area contributed by atoms with Gasteiger partial charge in [0.2, 0.25) is 0 Å². The third kappa shape index (κ3) is 6.37. The molecule has 1 aliphatic heterocycles. The molecule has 0 atom stereocenters. The molecule has 1 saturated heterocycles. The fraction of sp³-hybridized carbons (Fsp3) is 0.941. The van der Waals surface area contributed by atoms with E-state index in [1.54, 1.807) is 18.7 Å². The summed E-state index contributed by atoms with van der Waals surface area (Å²) in [5.74, 6) is -0.197. The van der Waals surface area contributed by atoms with Crippen LogP contribution in [0.3, 0.4) is 0 Å². The first-order valence-electron chi connectivity index (χ1n) is 8.23. The Kier molecular flexibility index (Phi) is 6.24. The van der Waals surface area contributed by atoms with Gasteiger partial charge in [0.05, 0.1) is 18.8 Å². The molecule has 0 aromatic carbocycles. The normalized spacial score (nSPS) is 22.3. The first-order valence-corrected chi connectivity index (χ1v) is 8.23. The van der Waals surface area contributed by atoms with E-state index >= 15 is 0 Å². The average Bonchev–Trinajstić information content (AvgIpc) is 2.21. The van der Waals surface area contributed by atoms with Crippen LogP contribution in [0, 0.1) is 0 Å². The van der Waals surface area contributed by atoms with Crippen LogP contribution in [0.15, 0.2) is 0 Å². The van der Waals surface area contributed by atoms with Crippen molar-refractivity contribution in [3.8, 4) is 0 Å². The second-order valence-corrected chi connectivity index (χ2v) is 8.76. The molecule has 0 amide bonds. The number of piperidine rings is 1. The molecule has 6 heteroatoms. The molecule has 0 aromatic rings. The zero-order chi connectivity index (χ0) is 18.1. The molecule has 136 valence electrons. The lowest BCUT2D eigenvalue weighted by molar-refractivity contribution is -0.306. The summed E-state index contributed by atoms with van der Waals surface area (Å²) in [6, 6.07) is 0. The van der Waals surface area contributed by atoms with Crippen molar-refractivity contribution in [2.75, 3.05) is 27.2 Å². The molecular formula is C17H34N2O4. The van der Waals surface area contributed by atoms with Gasteiger partial charge in [-0.3, -0.25) is 14.5 Å². The molecule has 0 aromatic heterocycles. The van der Waals surface area contributed by atoms with Gasteiger partial charge in [-0.15, -0.1) is 0 Å². The summed E-state index contributed by atoms with van der Waals surface area (Å²) in [5.41, 5.74) is -1.48. The van der Waals surface area contributed by atoms with Crippen molar-refractivity contribution in [2.45, 2.75) is 77.2 Å². The van der Waals surface area contributed by atoms with Crippen molar-refractivity contribution in [2.24, 2.45) is 0 Å². The van der Waals surface area contributed by atoms with Crippen molar-refractivity contribution in [3.63, 3.8) is 0 Å². The Bertz CT molecular complexity index is 395.